The molecule has 0 saturated heterocycles. The Morgan fingerprint density at radius 2 is 2.06 bits per heavy atom. The van der Waals surface area contributed by atoms with Gasteiger partial charge in [0.25, 0.3) is 0 Å². The van der Waals surface area contributed by atoms with E-state index in [1.165, 1.54) is 11.1 Å². The van der Waals surface area contributed by atoms with E-state index in [-0.39, 0.29) is 5.91 Å². The third kappa shape index (κ3) is 4.86. The van der Waals surface area contributed by atoms with Crippen LogP contribution in [-0.4, -0.2) is 18.2 Å². The standard InChI is InChI=1S/C14H18BrNOS/c1-9(2)7-16-14(17)8-18-13-6-10(3)12(15)5-11(13)4/h5-6H,1,7-8H2,2-4H3,(H,16,17). The number of hydrogen-bond donors (Lipinski definition) is 1. The van der Waals surface area contributed by atoms with Crippen molar-refractivity contribution >= 4 is 33.6 Å². The molecular formula is C14H18BrNOS. The third-order valence-corrected chi connectivity index (χ3v) is 4.41. The fraction of sp³-hybridized carbons (Fsp3) is 0.357. The van der Waals surface area contributed by atoms with Gasteiger partial charge in [0.05, 0.1) is 5.75 Å². The molecule has 0 bridgehead atoms. The van der Waals surface area contributed by atoms with Gasteiger partial charge >= 0.3 is 0 Å². The van der Waals surface area contributed by atoms with Crippen molar-refractivity contribution < 1.29 is 4.79 Å². The average molecular weight is 328 g/mol. The predicted octanol–water partition coefficient (Wildman–Crippen LogP) is 3.85. The molecule has 0 unspecified atom stereocenters. The summed E-state index contributed by atoms with van der Waals surface area (Å²) in [6.45, 7) is 10.3. The molecule has 4 heteroatoms. The molecule has 18 heavy (non-hydrogen) atoms. The van der Waals surface area contributed by atoms with Gasteiger partial charge in [-0.25, -0.2) is 0 Å². The van der Waals surface area contributed by atoms with E-state index in [0.29, 0.717) is 12.3 Å². The van der Waals surface area contributed by atoms with Gasteiger partial charge in [-0.3, -0.25) is 4.79 Å². The van der Waals surface area contributed by atoms with Crippen LogP contribution in [0.4, 0.5) is 0 Å². The monoisotopic (exact) mass is 327 g/mol. The molecule has 0 aromatic heterocycles. The van der Waals surface area contributed by atoms with Crippen LogP contribution in [-0.2, 0) is 4.79 Å². The second-order valence-electron chi connectivity index (χ2n) is 4.39. The van der Waals surface area contributed by atoms with E-state index in [1.54, 1.807) is 11.8 Å². The Labute approximate surface area is 121 Å². The Morgan fingerprint density at radius 3 is 2.67 bits per heavy atom. The first-order valence-electron chi connectivity index (χ1n) is 5.70. The van der Waals surface area contributed by atoms with Crippen molar-refractivity contribution in [2.75, 3.05) is 12.3 Å². The van der Waals surface area contributed by atoms with E-state index in [0.717, 1.165) is 14.9 Å². The van der Waals surface area contributed by atoms with Crippen molar-refractivity contribution in [1.82, 2.24) is 5.32 Å². The first-order valence-corrected chi connectivity index (χ1v) is 7.48. The van der Waals surface area contributed by atoms with Crippen LogP contribution in [0.25, 0.3) is 0 Å². The van der Waals surface area contributed by atoms with Gasteiger partial charge in [0.2, 0.25) is 5.91 Å². The molecule has 0 spiro atoms. The lowest BCUT2D eigenvalue weighted by Gasteiger charge is -2.09. The molecule has 0 aliphatic rings. The first-order chi connectivity index (χ1) is 8.40. The molecule has 1 amide bonds. The summed E-state index contributed by atoms with van der Waals surface area (Å²) in [4.78, 5) is 12.8. The van der Waals surface area contributed by atoms with Gasteiger partial charge in [-0.1, -0.05) is 28.1 Å². The minimum Gasteiger partial charge on any atom is -0.352 e. The van der Waals surface area contributed by atoms with Gasteiger partial charge in [-0.15, -0.1) is 11.8 Å². The van der Waals surface area contributed by atoms with Crippen molar-refractivity contribution in [2.45, 2.75) is 25.7 Å². The van der Waals surface area contributed by atoms with Gasteiger partial charge in [-0.2, -0.15) is 0 Å². The molecule has 0 saturated carbocycles. The van der Waals surface area contributed by atoms with Gasteiger partial charge < -0.3 is 5.32 Å². The Balaban J connectivity index is 2.56. The van der Waals surface area contributed by atoms with Gasteiger partial charge in [-0.05, 0) is 44.0 Å². The van der Waals surface area contributed by atoms with Crippen molar-refractivity contribution in [3.8, 4) is 0 Å². The van der Waals surface area contributed by atoms with E-state index in [4.69, 9.17) is 0 Å². The highest BCUT2D eigenvalue weighted by Gasteiger charge is 2.06. The number of rotatable bonds is 5. The average Bonchev–Trinajstić information content (AvgIpc) is 2.29. The van der Waals surface area contributed by atoms with Crippen molar-refractivity contribution in [2.24, 2.45) is 0 Å². The highest BCUT2D eigenvalue weighted by Crippen LogP contribution is 2.28. The van der Waals surface area contributed by atoms with Crippen LogP contribution < -0.4 is 5.32 Å². The number of hydrogen-bond acceptors (Lipinski definition) is 2. The highest BCUT2D eigenvalue weighted by molar-refractivity contribution is 9.10. The van der Waals surface area contributed by atoms with Crippen LogP contribution in [0.3, 0.4) is 0 Å². The number of carbonyl (C=O) groups is 1. The predicted molar refractivity (Wildman–Crippen MR) is 82.2 cm³/mol. The summed E-state index contributed by atoms with van der Waals surface area (Å²) in [6, 6.07) is 4.19. The topological polar surface area (TPSA) is 29.1 Å². The van der Waals surface area contributed by atoms with Crippen LogP contribution in [0.15, 0.2) is 33.7 Å². The molecule has 0 aliphatic heterocycles. The molecule has 0 aliphatic carbocycles. The van der Waals surface area contributed by atoms with E-state index in [2.05, 4.69) is 53.8 Å². The molecule has 1 N–H and O–H groups in total. The Hall–Kier alpha value is -0.740. The Morgan fingerprint density at radius 1 is 1.39 bits per heavy atom. The lowest BCUT2D eigenvalue weighted by Crippen LogP contribution is -2.26. The van der Waals surface area contributed by atoms with Crippen molar-refractivity contribution in [3.63, 3.8) is 0 Å². The first kappa shape index (κ1) is 15.3. The maximum atomic E-state index is 11.6. The Kier molecular flexibility index (Phi) is 5.96. The quantitative estimate of drug-likeness (QED) is 0.657. The van der Waals surface area contributed by atoms with E-state index >= 15 is 0 Å². The minimum atomic E-state index is 0.0444. The second-order valence-corrected chi connectivity index (χ2v) is 6.26. The number of amides is 1. The minimum absolute atomic E-state index is 0.0444. The summed E-state index contributed by atoms with van der Waals surface area (Å²) in [5.74, 6) is 0.484. The lowest BCUT2D eigenvalue weighted by molar-refractivity contribution is -0.118. The summed E-state index contributed by atoms with van der Waals surface area (Å²) >= 11 is 5.07. The zero-order chi connectivity index (χ0) is 13.7. The molecule has 1 aromatic carbocycles. The summed E-state index contributed by atoms with van der Waals surface area (Å²) in [5, 5.41) is 2.83. The molecule has 0 fully saturated rings. The maximum Gasteiger partial charge on any atom is 0.230 e. The van der Waals surface area contributed by atoms with Crippen LogP contribution >= 0.6 is 27.7 Å². The van der Waals surface area contributed by atoms with Crippen LogP contribution in [0.1, 0.15) is 18.1 Å². The van der Waals surface area contributed by atoms with Gasteiger partial charge in [0.1, 0.15) is 0 Å². The zero-order valence-corrected chi connectivity index (χ0v) is 13.4. The number of aryl methyl sites for hydroxylation is 2. The van der Waals surface area contributed by atoms with Crippen LogP contribution in [0.5, 0.6) is 0 Å². The largest absolute Gasteiger partial charge is 0.352 e. The molecule has 0 atom stereocenters. The maximum absolute atomic E-state index is 11.6. The van der Waals surface area contributed by atoms with E-state index in [9.17, 15) is 4.79 Å². The van der Waals surface area contributed by atoms with Crippen molar-refractivity contribution in [1.29, 1.82) is 0 Å². The molecule has 0 radical (unpaired) electrons. The number of thioether (sulfide) groups is 1. The highest BCUT2D eigenvalue weighted by atomic mass is 79.9. The Bertz CT molecular complexity index is 471. The van der Waals surface area contributed by atoms with Gasteiger partial charge in [0.15, 0.2) is 0 Å². The van der Waals surface area contributed by atoms with E-state index in [1.807, 2.05) is 6.92 Å². The van der Waals surface area contributed by atoms with Crippen LogP contribution in [0, 0.1) is 13.8 Å². The summed E-state index contributed by atoms with van der Waals surface area (Å²) in [5.41, 5.74) is 3.33. The summed E-state index contributed by atoms with van der Waals surface area (Å²) < 4.78 is 1.11. The molecule has 98 valence electrons. The fourth-order valence-corrected chi connectivity index (χ4v) is 2.75. The fourth-order valence-electron chi connectivity index (χ4n) is 1.35. The van der Waals surface area contributed by atoms with E-state index < -0.39 is 0 Å². The summed E-state index contributed by atoms with van der Waals surface area (Å²) in [7, 11) is 0. The molecule has 1 aromatic rings. The summed E-state index contributed by atoms with van der Waals surface area (Å²) in [6.07, 6.45) is 0. The number of benzene rings is 1. The molecular weight excluding hydrogens is 310 g/mol. The van der Waals surface area contributed by atoms with Crippen molar-refractivity contribution in [3.05, 3.63) is 39.9 Å². The number of carbonyl (C=O) groups excluding carboxylic acids is 1. The SMILES string of the molecule is C=C(C)CNC(=O)CSc1cc(C)c(Br)cc1C. The molecule has 2 nitrogen and oxygen atoms in total. The third-order valence-electron chi connectivity index (χ3n) is 2.40. The molecule has 0 heterocycles. The number of halogens is 1. The second kappa shape index (κ2) is 7.00. The van der Waals surface area contributed by atoms with Gasteiger partial charge in [0, 0.05) is 15.9 Å². The van der Waals surface area contributed by atoms with Crippen LogP contribution in [0.2, 0.25) is 0 Å². The zero-order valence-electron chi connectivity index (χ0n) is 11.0. The lowest BCUT2D eigenvalue weighted by atomic mass is 10.2. The normalized spacial score (nSPS) is 10.2. The smallest absolute Gasteiger partial charge is 0.230 e. The molecule has 1 rings (SSSR count). The number of nitrogens with one attached hydrogen (secondary N) is 1.